The van der Waals surface area contributed by atoms with E-state index in [1.807, 2.05) is 36.2 Å². The summed E-state index contributed by atoms with van der Waals surface area (Å²) in [5, 5.41) is 8.26. The number of benzene rings is 1. The first kappa shape index (κ1) is 19.0. The van der Waals surface area contributed by atoms with Crippen LogP contribution in [0.15, 0.2) is 28.7 Å². The summed E-state index contributed by atoms with van der Waals surface area (Å²) in [7, 11) is 3.64. The standard InChI is InChI=1S/C22H29N3O3/c1-25(22(16-7-8-16)17-9-10-17)21(26)14-13-20-24-23-19(28-20)12-11-15-5-3-4-6-18(15)27-2/h3-6,16-17,22H,7-14H2,1-2H3. The number of methoxy groups -OCH3 is 1. The van der Waals surface area contributed by atoms with Crippen LogP contribution in [0.5, 0.6) is 5.75 Å². The third-order valence-corrected chi connectivity index (χ3v) is 5.91. The Bertz CT molecular complexity index is 799. The average Bonchev–Trinajstić information content (AvgIpc) is 3.65. The van der Waals surface area contributed by atoms with Gasteiger partial charge in [0.1, 0.15) is 5.75 Å². The Morgan fingerprint density at radius 3 is 2.39 bits per heavy atom. The molecule has 0 spiro atoms. The average molecular weight is 383 g/mol. The number of para-hydroxylation sites is 1. The highest BCUT2D eigenvalue weighted by molar-refractivity contribution is 5.76. The smallest absolute Gasteiger partial charge is 0.223 e. The molecule has 6 nitrogen and oxygen atoms in total. The highest BCUT2D eigenvalue weighted by Gasteiger charge is 2.44. The van der Waals surface area contributed by atoms with Crippen LogP contribution in [0, 0.1) is 11.8 Å². The molecule has 1 heterocycles. The zero-order valence-corrected chi connectivity index (χ0v) is 16.8. The van der Waals surface area contributed by atoms with Gasteiger partial charge in [0, 0.05) is 32.4 Å². The molecule has 1 aromatic heterocycles. The van der Waals surface area contributed by atoms with Gasteiger partial charge in [-0.1, -0.05) is 18.2 Å². The van der Waals surface area contributed by atoms with E-state index < -0.39 is 0 Å². The van der Waals surface area contributed by atoms with Crippen molar-refractivity contribution in [2.45, 2.75) is 57.4 Å². The summed E-state index contributed by atoms with van der Waals surface area (Å²) in [4.78, 5) is 14.6. The molecule has 4 rings (SSSR count). The zero-order chi connectivity index (χ0) is 19.5. The third kappa shape index (κ3) is 4.54. The first-order valence-electron chi connectivity index (χ1n) is 10.3. The van der Waals surface area contributed by atoms with Gasteiger partial charge in [0.15, 0.2) is 0 Å². The van der Waals surface area contributed by atoms with Crippen LogP contribution in [0.2, 0.25) is 0 Å². The summed E-state index contributed by atoms with van der Waals surface area (Å²) in [5.74, 6) is 3.67. The molecular formula is C22H29N3O3. The molecule has 0 unspecified atom stereocenters. The van der Waals surface area contributed by atoms with Crippen LogP contribution in [0.3, 0.4) is 0 Å². The molecule has 1 aromatic carbocycles. The van der Waals surface area contributed by atoms with E-state index in [2.05, 4.69) is 10.2 Å². The Morgan fingerprint density at radius 1 is 1.11 bits per heavy atom. The Balaban J connectivity index is 1.27. The van der Waals surface area contributed by atoms with Gasteiger partial charge in [0.2, 0.25) is 17.7 Å². The molecule has 6 heteroatoms. The number of hydrogen-bond donors (Lipinski definition) is 0. The van der Waals surface area contributed by atoms with Crippen LogP contribution >= 0.6 is 0 Å². The van der Waals surface area contributed by atoms with Crippen molar-refractivity contribution in [2.75, 3.05) is 14.2 Å². The second-order valence-corrected chi connectivity index (χ2v) is 8.07. The van der Waals surface area contributed by atoms with E-state index in [1.54, 1.807) is 7.11 Å². The number of ether oxygens (including phenoxy) is 1. The minimum Gasteiger partial charge on any atom is -0.496 e. The van der Waals surface area contributed by atoms with Crippen molar-refractivity contribution in [1.29, 1.82) is 0 Å². The highest BCUT2D eigenvalue weighted by atomic mass is 16.5. The molecule has 2 aliphatic carbocycles. The van der Waals surface area contributed by atoms with Gasteiger partial charge >= 0.3 is 0 Å². The van der Waals surface area contributed by atoms with Crippen LogP contribution in [0.4, 0.5) is 0 Å². The van der Waals surface area contributed by atoms with E-state index in [9.17, 15) is 4.79 Å². The van der Waals surface area contributed by atoms with Gasteiger partial charge in [-0.3, -0.25) is 4.79 Å². The number of nitrogens with zero attached hydrogens (tertiary/aromatic N) is 3. The van der Waals surface area contributed by atoms with Gasteiger partial charge < -0.3 is 14.1 Å². The molecule has 0 aliphatic heterocycles. The van der Waals surface area contributed by atoms with Crippen molar-refractivity contribution >= 4 is 5.91 Å². The maximum absolute atomic E-state index is 12.6. The molecule has 2 saturated carbocycles. The Hall–Kier alpha value is -2.37. The molecule has 2 aromatic rings. The molecule has 2 fully saturated rings. The maximum Gasteiger partial charge on any atom is 0.223 e. The molecule has 28 heavy (non-hydrogen) atoms. The van der Waals surface area contributed by atoms with Crippen molar-refractivity contribution in [1.82, 2.24) is 15.1 Å². The van der Waals surface area contributed by atoms with Crippen LogP contribution in [-0.4, -0.2) is 41.2 Å². The van der Waals surface area contributed by atoms with E-state index >= 15 is 0 Å². The number of aromatic nitrogens is 2. The number of carbonyl (C=O) groups excluding carboxylic acids is 1. The van der Waals surface area contributed by atoms with Crippen LogP contribution in [-0.2, 0) is 24.1 Å². The fourth-order valence-electron chi connectivity index (χ4n) is 4.09. The van der Waals surface area contributed by atoms with E-state index in [1.165, 1.54) is 25.7 Å². The van der Waals surface area contributed by atoms with Crippen LogP contribution < -0.4 is 4.74 Å². The molecule has 0 bridgehead atoms. The van der Waals surface area contributed by atoms with Gasteiger partial charge in [0.25, 0.3) is 0 Å². The molecule has 2 aliphatic rings. The first-order chi connectivity index (χ1) is 13.7. The molecule has 0 N–H and O–H groups in total. The number of rotatable bonds is 10. The first-order valence-corrected chi connectivity index (χ1v) is 10.3. The topological polar surface area (TPSA) is 68.5 Å². The van der Waals surface area contributed by atoms with Gasteiger partial charge in [-0.05, 0) is 55.6 Å². The number of hydrogen-bond acceptors (Lipinski definition) is 5. The van der Waals surface area contributed by atoms with Crippen LogP contribution in [0.25, 0.3) is 0 Å². The van der Waals surface area contributed by atoms with E-state index in [0.717, 1.165) is 29.6 Å². The van der Waals surface area contributed by atoms with Crippen molar-refractivity contribution in [3.8, 4) is 5.75 Å². The van der Waals surface area contributed by atoms with Gasteiger partial charge in [-0.15, -0.1) is 10.2 Å². The second-order valence-electron chi connectivity index (χ2n) is 8.07. The van der Waals surface area contributed by atoms with Crippen LogP contribution in [0.1, 0.15) is 49.4 Å². The Kier molecular flexibility index (Phi) is 5.64. The van der Waals surface area contributed by atoms with E-state index in [4.69, 9.17) is 9.15 Å². The summed E-state index contributed by atoms with van der Waals surface area (Å²) in [6.45, 7) is 0. The van der Waals surface area contributed by atoms with Gasteiger partial charge in [-0.2, -0.15) is 0 Å². The lowest BCUT2D eigenvalue weighted by Gasteiger charge is -2.28. The van der Waals surface area contributed by atoms with Crippen molar-refractivity contribution < 1.29 is 13.9 Å². The minimum atomic E-state index is 0.192. The molecule has 150 valence electrons. The van der Waals surface area contributed by atoms with Crippen molar-refractivity contribution in [3.63, 3.8) is 0 Å². The lowest BCUT2D eigenvalue weighted by Crippen LogP contribution is -2.40. The van der Waals surface area contributed by atoms with Crippen molar-refractivity contribution in [2.24, 2.45) is 11.8 Å². The Morgan fingerprint density at radius 2 is 1.75 bits per heavy atom. The zero-order valence-electron chi connectivity index (χ0n) is 16.8. The van der Waals surface area contributed by atoms with Crippen molar-refractivity contribution in [3.05, 3.63) is 41.6 Å². The molecule has 0 radical (unpaired) electrons. The van der Waals surface area contributed by atoms with E-state index in [-0.39, 0.29) is 5.91 Å². The minimum absolute atomic E-state index is 0.192. The molecule has 0 saturated heterocycles. The molecular weight excluding hydrogens is 354 g/mol. The van der Waals surface area contributed by atoms with Gasteiger partial charge in [-0.25, -0.2) is 0 Å². The predicted molar refractivity (Wildman–Crippen MR) is 105 cm³/mol. The molecule has 0 atom stereocenters. The fourth-order valence-corrected chi connectivity index (χ4v) is 4.09. The maximum atomic E-state index is 12.6. The largest absolute Gasteiger partial charge is 0.496 e. The lowest BCUT2D eigenvalue weighted by molar-refractivity contribution is -0.132. The quantitative estimate of drug-likeness (QED) is 0.629. The third-order valence-electron chi connectivity index (χ3n) is 5.91. The summed E-state index contributed by atoms with van der Waals surface area (Å²) < 4.78 is 11.1. The van der Waals surface area contributed by atoms with Gasteiger partial charge in [0.05, 0.1) is 7.11 Å². The second kappa shape index (κ2) is 8.33. The predicted octanol–water partition coefficient (Wildman–Crippen LogP) is 3.44. The summed E-state index contributed by atoms with van der Waals surface area (Å²) >= 11 is 0. The monoisotopic (exact) mass is 383 g/mol. The number of amides is 1. The lowest BCUT2D eigenvalue weighted by atomic mass is 10.1. The SMILES string of the molecule is COc1ccccc1CCc1nnc(CCC(=O)N(C)C(C2CC2)C2CC2)o1. The number of aryl methyl sites for hydroxylation is 3. The normalized spacial score (nSPS) is 16.4. The summed E-state index contributed by atoms with van der Waals surface area (Å²) in [5.41, 5.74) is 1.12. The summed E-state index contributed by atoms with van der Waals surface area (Å²) in [6, 6.07) is 8.40. The highest BCUT2D eigenvalue weighted by Crippen LogP contribution is 2.46. The number of carbonyl (C=O) groups is 1. The van der Waals surface area contributed by atoms with E-state index in [0.29, 0.717) is 37.1 Å². The fraction of sp³-hybridized carbons (Fsp3) is 0.591. The molecule has 1 amide bonds. The Labute approximate surface area is 166 Å². The summed E-state index contributed by atoms with van der Waals surface area (Å²) in [6.07, 6.45) is 7.48.